The van der Waals surface area contributed by atoms with Crippen LogP contribution in [0.4, 0.5) is 0 Å². The monoisotopic (exact) mass is 402 g/mol. The number of carbonyl (C=O) groups excluding carboxylic acids is 1. The summed E-state index contributed by atoms with van der Waals surface area (Å²) < 4.78 is 5.44. The van der Waals surface area contributed by atoms with Crippen LogP contribution in [0, 0.1) is 11.8 Å². The Morgan fingerprint density at radius 2 is 1.86 bits per heavy atom. The molecule has 162 valence electrons. The van der Waals surface area contributed by atoms with Gasteiger partial charge in [-0.2, -0.15) is 0 Å². The van der Waals surface area contributed by atoms with Crippen molar-refractivity contribution >= 4 is 5.97 Å². The Hall–Kier alpha value is -1.97. The van der Waals surface area contributed by atoms with Gasteiger partial charge in [0.2, 0.25) is 0 Å². The molecule has 0 radical (unpaired) electrons. The van der Waals surface area contributed by atoms with E-state index in [1.165, 1.54) is 5.57 Å². The molecule has 4 nitrogen and oxygen atoms in total. The van der Waals surface area contributed by atoms with Crippen molar-refractivity contribution in [3.8, 4) is 11.5 Å². The average Bonchev–Trinajstić information content (AvgIpc) is 2.64. The van der Waals surface area contributed by atoms with Gasteiger partial charge in [-0.05, 0) is 61.6 Å². The number of carbonyl (C=O) groups is 1. The lowest BCUT2D eigenvalue weighted by Gasteiger charge is -2.35. The van der Waals surface area contributed by atoms with Gasteiger partial charge in [-0.15, -0.1) is 0 Å². The average molecular weight is 403 g/mol. The number of ether oxygens (including phenoxy) is 1. The predicted molar refractivity (Wildman–Crippen MR) is 117 cm³/mol. The van der Waals surface area contributed by atoms with Gasteiger partial charge in [0.05, 0.1) is 0 Å². The summed E-state index contributed by atoms with van der Waals surface area (Å²) in [5, 5.41) is 21.8. The second-order valence-electron chi connectivity index (χ2n) is 9.58. The molecular formula is C25H38O4. The van der Waals surface area contributed by atoms with Crippen LogP contribution in [0.3, 0.4) is 0 Å². The first-order valence-corrected chi connectivity index (χ1v) is 10.9. The zero-order valence-electron chi connectivity index (χ0n) is 18.9. The molecule has 0 saturated carbocycles. The zero-order chi connectivity index (χ0) is 21.8. The van der Waals surface area contributed by atoms with E-state index in [9.17, 15) is 15.0 Å². The number of phenols is 2. The van der Waals surface area contributed by atoms with Gasteiger partial charge in [0, 0.05) is 17.4 Å². The summed E-state index contributed by atoms with van der Waals surface area (Å²) in [7, 11) is 0. The summed E-state index contributed by atoms with van der Waals surface area (Å²) in [6, 6.07) is 3.47. The van der Waals surface area contributed by atoms with Gasteiger partial charge in [-0.1, -0.05) is 52.7 Å². The van der Waals surface area contributed by atoms with Crippen molar-refractivity contribution in [1.82, 2.24) is 0 Å². The number of hydrogen-bond acceptors (Lipinski definition) is 4. The third kappa shape index (κ3) is 5.77. The number of benzene rings is 1. The van der Waals surface area contributed by atoms with Gasteiger partial charge in [-0.25, -0.2) is 0 Å². The fraction of sp³-hybridized carbons (Fsp3) is 0.640. The fourth-order valence-corrected chi connectivity index (χ4v) is 4.27. The van der Waals surface area contributed by atoms with Crippen molar-refractivity contribution in [2.24, 2.45) is 11.8 Å². The molecule has 29 heavy (non-hydrogen) atoms. The number of unbranched alkanes of at least 4 members (excludes halogenated alkanes) is 1. The van der Waals surface area contributed by atoms with E-state index in [-0.39, 0.29) is 30.0 Å². The van der Waals surface area contributed by atoms with Gasteiger partial charge < -0.3 is 14.9 Å². The zero-order valence-corrected chi connectivity index (χ0v) is 18.9. The van der Waals surface area contributed by atoms with Crippen LogP contribution in [0.5, 0.6) is 11.5 Å². The topological polar surface area (TPSA) is 66.8 Å². The lowest BCUT2D eigenvalue weighted by Crippen LogP contribution is -2.27. The summed E-state index contributed by atoms with van der Waals surface area (Å²) in [5.41, 5.74) is 2.21. The lowest BCUT2D eigenvalue weighted by molar-refractivity contribution is -0.145. The summed E-state index contributed by atoms with van der Waals surface area (Å²) in [4.78, 5) is 11.9. The molecule has 0 spiro atoms. The SMILES string of the molecule is CCCCC(=O)OCC(C)(C)c1cc(O)c([C@@H]2CC(C)=CC[C@H]2C(C)C)c(O)c1. The van der Waals surface area contributed by atoms with Crippen molar-refractivity contribution < 1.29 is 19.7 Å². The van der Waals surface area contributed by atoms with Crippen LogP contribution in [0.15, 0.2) is 23.8 Å². The van der Waals surface area contributed by atoms with E-state index in [4.69, 9.17) is 4.74 Å². The third-order valence-electron chi connectivity index (χ3n) is 6.27. The normalized spacial score (nSPS) is 19.9. The first kappa shape index (κ1) is 23.3. The van der Waals surface area contributed by atoms with E-state index in [0.29, 0.717) is 23.8 Å². The Morgan fingerprint density at radius 3 is 2.41 bits per heavy atom. The van der Waals surface area contributed by atoms with Crippen molar-refractivity contribution in [3.05, 3.63) is 34.9 Å². The standard InChI is InChI=1S/C25H38O4/c1-7-8-9-23(28)29-15-25(5,6)18-13-21(26)24(22(27)14-18)20-12-17(4)10-11-19(20)16(2)3/h10,13-14,16,19-20,26-27H,7-9,11-12,15H2,1-6H3/t19-,20+/m0/s1. The van der Waals surface area contributed by atoms with Crippen LogP contribution in [0.25, 0.3) is 0 Å². The van der Waals surface area contributed by atoms with Gasteiger partial charge in [0.1, 0.15) is 18.1 Å². The Morgan fingerprint density at radius 1 is 1.24 bits per heavy atom. The van der Waals surface area contributed by atoms with E-state index >= 15 is 0 Å². The van der Waals surface area contributed by atoms with Crippen LogP contribution in [0.1, 0.15) is 90.7 Å². The molecule has 0 fully saturated rings. The van der Waals surface area contributed by atoms with Crippen molar-refractivity contribution in [3.63, 3.8) is 0 Å². The molecule has 0 aromatic heterocycles. The largest absolute Gasteiger partial charge is 0.508 e. The minimum absolute atomic E-state index is 0.101. The molecular weight excluding hydrogens is 364 g/mol. The van der Waals surface area contributed by atoms with Gasteiger partial charge in [0.25, 0.3) is 0 Å². The molecule has 1 aliphatic carbocycles. The van der Waals surface area contributed by atoms with E-state index in [2.05, 4.69) is 26.8 Å². The number of rotatable bonds is 8. The molecule has 2 atom stereocenters. The summed E-state index contributed by atoms with van der Waals surface area (Å²) in [5.74, 6) is 1.01. The Kier molecular flexibility index (Phi) is 7.79. The molecule has 2 N–H and O–H groups in total. The first-order chi connectivity index (χ1) is 13.6. The highest BCUT2D eigenvalue weighted by atomic mass is 16.5. The van der Waals surface area contributed by atoms with Crippen molar-refractivity contribution in [2.45, 2.75) is 85.0 Å². The third-order valence-corrected chi connectivity index (χ3v) is 6.27. The second-order valence-corrected chi connectivity index (χ2v) is 9.58. The minimum Gasteiger partial charge on any atom is -0.508 e. The number of aromatic hydroxyl groups is 2. The smallest absolute Gasteiger partial charge is 0.305 e. The number of hydrogen-bond donors (Lipinski definition) is 2. The number of allylic oxidation sites excluding steroid dienone is 2. The number of phenolic OH excluding ortho intramolecular Hbond substituents is 2. The number of esters is 1. The van der Waals surface area contributed by atoms with Gasteiger partial charge in [0.15, 0.2) is 0 Å². The molecule has 0 unspecified atom stereocenters. The summed E-state index contributed by atoms with van der Waals surface area (Å²) in [6.07, 6.45) is 6.29. The summed E-state index contributed by atoms with van der Waals surface area (Å²) >= 11 is 0. The van der Waals surface area contributed by atoms with E-state index in [0.717, 1.165) is 31.2 Å². The molecule has 1 aromatic carbocycles. The molecule has 1 aromatic rings. The molecule has 0 saturated heterocycles. The highest BCUT2D eigenvalue weighted by Crippen LogP contribution is 2.48. The quantitative estimate of drug-likeness (QED) is 0.401. The molecule has 0 bridgehead atoms. The maximum Gasteiger partial charge on any atom is 0.305 e. The van der Waals surface area contributed by atoms with Crippen molar-refractivity contribution in [1.29, 1.82) is 0 Å². The first-order valence-electron chi connectivity index (χ1n) is 10.9. The maximum absolute atomic E-state index is 11.9. The van der Waals surface area contributed by atoms with Crippen LogP contribution >= 0.6 is 0 Å². The highest BCUT2D eigenvalue weighted by Gasteiger charge is 2.33. The maximum atomic E-state index is 11.9. The Balaban J connectivity index is 2.26. The van der Waals surface area contributed by atoms with Gasteiger partial charge in [-0.3, -0.25) is 4.79 Å². The lowest BCUT2D eigenvalue weighted by atomic mass is 9.70. The molecule has 4 heteroatoms. The second kappa shape index (κ2) is 9.69. The van der Waals surface area contributed by atoms with Gasteiger partial charge >= 0.3 is 5.97 Å². The van der Waals surface area contributed by atoms with E-state index < -0.39 is 5.41 Å². The molecule has 0 amide bonds. The van der Waals surface area contributed by atoms with E-state index in [1.807, 2.05) is 20.8 Å². The minimum atomic E-state index is -0.505. The molecule has 0 heterocycles. The summed E-state index contributed by atoms with van der Waals surface area (Å²) in [6.45, 7) is 12.7. The fourth-order valence-electron chi connectivity index (χ4n) is 4.27. The van der Waals surface area contributed by atoms with Crippen LogP contribution in [-0.2, 0) is 14.9 Å². The molecule has 2 rings (SSSR count). The van der Waals surface area contributed by atoms with Crippen LogP contribution in [0.2, 0.25) is 0 Å². The molecule has 0 aliphatic heterocycles. The Bertz CT molecular complexity index is 722. The van der Waals surface area contributed by atoms with Crippen LogP contribution in [-0.4, -0.2) is 22.8 Å². The predicted octanol–water partition coefficient (Wildman–Crippen LogP) is 6.20. The molecule has 1 aliphatic rings. The van der Waals surface area contributed by atoms with Crippen LogP contribution < -0.4 is 0 Å². The van der Waals surface area contributed by atoms with Crippen molar-refractivity contribution in [2.75, 3.05) is 6.61 Å². The Labute approximate surface area is 176 Å². The highest BCUT2D eigenvalue weighted by molar-refractivity contribution is 5.69. The van der Waals surface area contributed by atoms with E-state index in [1.54, 1.807) is 12.1 Å².